The first-order valence-electron chi connectivity index (χ1n) is 8.87. The van der Waals surface area contributed by atoms with E-state index in [1.807, 2.05) is 0 Å². The van der Waals surface area contributed by atoms with Gasteiger partial charge < -0.3 is 0 Å². The summed E-state index contributed by atoms with van der Waals surface area (Å²) >= 11 is 0. The van der Waals surface area contributed by atoms with Gasteiger partial charge in [0.05, 0.1) is 0 Å². The Hall–Kier alpha value is -1.71. The lowest BCUT2D eigenvalue weighted by atomic mass is 10.00. The monoisotopic (exact) mass is 318 g/mol. The second-order valence-electron chi connectivity index (χ2n) is 6.31. The number of benzene rings is 1. The fourth-order valence-corrected chi connectivity index (χ4v) is 2.93. The van der Waals surface area contributed by atoms with E-state index in [1.165, 1.54) is 69.2 Å². The molecule has 4 heteroatoms. The van der Waals surface area contributed by atoms with Crippen molar-refractivity contribution in [3.8, 4) is 0 Å². The predicted octanol–water partition coefficient (Wildman–Crippen LogP) is 5.22. The first-order chi connectivity index (χ1) is 11.3. The average Bonchev–Trinajstić information content (AvgIpc) is 2.55. The molecule has 23 heavy (non-hydrogen) atoms. The van der Waals surface area contributed by atoms with Gasteiger partial charge in [0.1, 0.15) is 5.82 Å². The Morgan fingerprint density at radius 2 is 1.30 bits per heavy atom. The molecule has 126 valence electrons. The first-order valence-corrected chi connectivity index (χ1v) is 8.87. The van der Waals surface area contributed by atoms with E-state index in [0.29, 0.717) is 5.56 Å². The zero-order valence-corrected chi connectivity index (χ0v) is 13.8. The number of amides is 1. The summed E-state index contributed by atoms with van der Waals surface area (Å²) in [6.07, 6.45) is 13.3. The molecule has 0 bridgehead atoms. The summed E-state index contributed by atoms with van der Waals surface area (Å²) in [6.45, 7) is 0. The number of hydrazone groups is 1. The Bertz CT molecular complexity index is 497. The van der Waals surface area contributed by atoms with Crippen LogP contribution in [-0.4, -0.2) is 11.6 Å². The van der Waals surface area contributed by atoms with Crippen molar-refractivity contribution in [2.24, 2.45) is 5.10 Å². The van der Waals surface area contributed by atoms with E-state index in [-0.39, 0.29) is 11.7 Å². The molecule has 1 amide bonds. The molecule has 0 aromatic heterocycles. The molecule has 0 radical (unpaired) electrons. The molecule has 0 atom stereocenters. The SMILES string of the molecule is O=C(NN=C1CCCCCCCCCCC1)c1ccc(F)cc1. The minimum absolute atomic E-state index is 0.274. The van der Waals surface area contributed by atoms with E-state index in [9.17, 15) is 9.18 Å². The molecule has 0 aliphatic heterocycles. The normalized spacial score (nSPS) is 17.7. The highest BCUT2D eigenvalue weighted by Gasteiger charge is 2.07. The fraction of sp³-hybridized carbons (Fsp3) is 0.579. The topological polar surface area (TPSA) is 41.5 Å². The molecule has 3 nitrogen and oxygen atoms in total. The molecule has 1 aliphatic rings. The van der Waals surface area contributed by atoms with Crippen molar-refractivity contribution >= 4 is 11.6 Å². The molecule has 0 saturated heterocycles. The van der Waals surface area contributed by atoms with Crippen molar-refractivity contribution in [3.63, 3.8) is 0 Å². The Morgan fingerprint density at radius 1 is 0.826 bits per heavy atom. The smallest absolute Gasteiger partial charge is 0.267 e. The largest absolute Gasteiger partial charge is 0.271 e. The maximum Gasteiger partial charge on any atom is 0.271 e. The van der Waals surface area contributed by atoms with Crippen molar-refractivity contribution in [1.82, 2.24) is 5.43 Å². The van der Waals surface area contributed by atoms with Crippen LogP contribution in [-0.2, 0) is 0 Å². The zero-order valence-electron chi connectivity index (χ0n) is 13.8. The number of carbonyl (C=O) groups is 1. The van der Waals surface area contributed by atoms with E-state index >= 15 is 0 Å². The summed E-state index contributed by atoms with van der Waals surface area (Å²) in [5, 5.41) is 4.33. The van der Waals surface area contributed by atoms with Crippen LogP contribution in [0.4, 0.5) is 4.39 Å². The quantitative estimate of drug-likeness (QED) is 0.747. The Labute approximate surface area is 138 Å². The van der Waals surface area contributed by atoms with Crippen LogP contribution in [0.1, 0.15) is 81.0 Å². The Kier molecular flexibility index (Phi) is 7.78. The number of nitrogens with one attached hydrogen (secondary N) is 1. The molecule has 2 rings (SSSR count). The van der Waals surface area contributed by atoms with Gasteiger partial charge in [-0.2, -0.15) is 5.10 Å². The van der Waals surface area contributed by atoms with Crippen LogP contribution >= 0.6 is 0 Å². The molecule has 1 aliphatic carbocycles. The summed E-state index contributed by atoms with van der Waals surface area (Å²) in [5.41, 5.74) is 4.15. The molecule has 1 saturated carbocycles. The van der Waals surface area contributed by atoms with Crippen LogP contribution in [0.25, 0.3) is 0 Å². The van der Waals surface area contributed by atoms with Crippen LogP contribution in [0, 0.1) is 5.82 Å². The molecule has 0 spiro atoms. The third-order valence-electron chi connectivity index (χ3n) is 4.35. The average molecular weight is 318 g/mol. The van der Waals surface area contributed by atoms with Crippen LogP contribution in [0.3, 0.4) is 0 Å². The van der Waals surface area contributed by atoms with E-state index in [2.05, 4.69) is 10.5 Å². The minimum atomic E-state index is -0.341. The van der Waals surface area contributed by atoms with Gasteiger partial charge >= 0.3 is 0 Å². The number of hydrogen-bond donors (Lipinski definition) is 1. The highest BCUT2D eigenvalue weighted by Crippen LogP contribution is 2.15. The van der Waals surface area contributed by atoms with Gasteiger partial charge in [-0.25, -0.2) is 9.82 Å². The van der Waals surface area contributed by atoms with Gasteiger partial charge in [0.15, 0.2) is 0 Å². The Morgan fingerprint density at radius 3 is 1.83 bits per heavy atom. The molecule has 1 fully saturated rings. The lowest BCUT2D eigenvalue weighted by Gasteiger charge is -2.09. The highest BCUT2D eigenvalue weighted by atomic mass is 19.1. The van der Waals surface area contributed by atoms with Crippen LogP contribution in [0.5, 0.6) is 0 Å². The molecule has 1 aromatic carbocycles. The molecular formula is C19H27FN2O. The van der Waals surface area contributed by atoms with E-state index in [4.69, 9.17) is 0 Å². The van der Waals surface area contributed by atoms with Crippen molar-refractivity contribution in [1.29, 1.82) is 0 Å². The minimum Gasteiger partial charge on any atom is -0.267 e. The maximum absolute atomic E-state index is 12.9. The second-order valence-corrected chi connectivity index (χ2v) is 6.31. The van der Waals surface area contributed by atoms with Crippen molar-refractivity contribution in [2.45, 2.75) is 70.6 Å². The number of hydrogen-bond acceptors (Lipinski definition) is 2. The van der Waals surface area contributed by atoms with Gasteiger partial charge in [-0.1, -0.05) is 44.9 Å². The number of nitrogens with zero attached hydrogens (tertiary/aromatic N) is 1. The maximum atomic E-state index is 12.9. The lowest BCUT2D eigenvalue weighted by Crippen LogP contribution is -2.20. The zero-order chi connectivity index (χ0) is 16.3. The second kappa shape index (κ2) is 10.1. The van der Waals surface area contributed by atoms with E-state index in [0.717, 1.165) is 31.4 Å². The third-order valence-corrected chi connectivity index (χ3v) is 4.35. The number of halogens is 1. The van der Waals surface area contributed by atoms with E-state index < -0.39 is 0 Å². The summed E-state index contributed by atoms with van der Waals surface area (Å²) in [5.74, 6) is -0.615. The Balaban J connectivity index is 1.88. The first kappa shape index (κ1) is 17.6. The predicted molar refractivity (Wildman–Crippen MR) is 92.1 cm³/mol. The standard InChI is InChI=1S/C19H27FN2O/c20-17-14-12-16(13-15-17)19(23)22-21-18-10-8-6-4-2-1-3-5-7-9-11-18/h12-15H,1-11H2,(H,22,23). The summed E-state index contributed by atoms with van der Waals surface area (Å²) < 4.78 is 12.9. The van der Waals surface area contributed by atoms with Crippen molar-refractivity contribution in [3.05, 3.63) is 35.6 Å². The van der Waals surface area contributed by atoms with Gasteiger partial charge in [0.25, 0.3) is 5.91 Å². The van der Waals surface area contributed by atoms with Crippen molar-refractivity contribution in [2.75, 3.05) is 0 Å². The highest BCUT2D eigenvalue weighted by molar-refractivity contribution is 5.95. The molecule has 0 unspecified atom stereocenters. The van der Waals surface area contributed by atoms with Gasteiger partial charge in [0, 0.05) is 11.3 Å². The lowest BCUT2D eigenvalue weighted by molar-refractivity contribution is 0.0954. The molecule has 1 N–H and O–H groups in total. The van der Waals surface area contributed by atoms with Gasteiger partial charge in [-0.05, 0) is 49.9 Å². The fourth-order valence-electron chi connectivity index (χ4n) is 2.93. The number of rotatable bonds is 2. The van der Waals surface area contributed by atoms with Crippen LogP contribution < -0.4 is 5.43 Å². The number of carbonyl (C=O) groups excluding carboxylic acids is 1. The molecular weight excluding hydrogens is 291 g/mol. The molecule has 0 heterocycles. The van der Waals surface area contributed by atoms with Gasteiger partial charge in [0.2, 0.25) is 0 Å². The van der Waals surface area contributed by atoms with Gasteiger partial charge in [-0.3, -0.25) is 4.79 Å². The van der Waals surface area contributed by atoms with Crippen LogP contribution in [0.15, 0.2) is 29.4 Å². The summed E-state index contributed by atoms with van der Waals surface area (Å²) in [7, 11) is 0. The van der Waals surface area contributed by atoms with E-state index in [1.54, 1.807) is 0 Å². The third kappa shape index (κ3) is 6.93. The van der Waals surface area contributed by atoms with Crippen molar-refractivity contribution < 1.29 is 9.18 Å². The molecule has 1 aromatic rings. The summed E-state index contributed by atoms with van der Waals surface area (Å²) in [4.78, 5) is 12.0. The van der Waals surface area contributed by atoms with Crippen LogP contribution in [0.2, 0.25) is 0 Å². The summed E-state index contributed by atoms with van der Waals surface area (Å²) in [6, 6.07) is 5.54. The van der Waals surface area contributed by atoms with Gasteiger partial charge in [-0.15, -0.1) is 0 Å².